The monoisotopic (exact) mass is 370 g/mol. The Bertz CT molecular complexity index is 512. The van der Waals surface area contributed by atoms with Crippen molar-refractivity contribution >= 4 is 5.78 Å². The fourth-order valence-electron chi connectivity index (χ4n) is 4.13. The third-order valence-electron chi connectivity index (χ3n) is 6.47. The smallest absolute Gasteiger partial charge is 0.139 e. The van der Waals surface area contributed by atoms with E-state index >= 15 is 0 Å². The standard InChI is InChI=1S/C20H38N2O4/c1-8-19(6)12-15(24)14(3)20(7,9-2)22(19)26-18(4,5)13-16-17(25-16)21-10-11-23/h14,16-17,21,23H,8-13H2,1-7H3. The number of ketones is 1. The maximum atomic E-state index is 12.7. The van der Waals surface area contributed by atoms with Crippen LogP contribution in [0, 0.1) is 5.92 Å². The number of Topliss-reactive ketones (excluding diaryl/α,β-unsaturated/α-hetero) is 1. The highest BCUT2D eigenvalue weighted by atomic mass is 16.7. The van der Waals surface area contributed by atoms with Crippen LogP contribution < -0.4 is 5.32 Å². The van der Waals surface area contributed by atoms with Crippen molar-refractivity contribution in [2.75, 3.05) is 13.2 Å². The second-order valence-electron chi connectivity index (χ2n) is 9.05. The van der Waals surface area contributed by atoms with Crippen LogP contribution in [0.5, 0.6) is 0 Å². The molecule has 2 rings (SSSR count). The van der Waals surface area contributed by atoms with Crippen molar-refractivity contribution < 1.29 is 19.5 Å². The molecule has 0 spiro atoms. The van der Waals surface area contributed by atoms with E-state index in [1.54, 1.807) is 0 Å². The van der Waals surface area contributed by atoms with E-state index in [1.807, 2.05) is 6.92 Å². The number of ether oxygens (including phenoxy) is 1. The first kappa shape index (κ1) is 21.8. The number of hydrogen-bond donors (Lipinski definition) is 2. The Labute approximate surface area is 158 Å². The van der Waals surface area contributed by atoms with Crippen LogP contribution in [0.3, 0.4) is 0 Å². The summed E-state index contributed by atoms with van der Waals surface area (Å²) in [6.07, 6.45) is 3.10. The maximum Gasteiger partial charge on any atom is 0.139 e. The Hall–Kier alpha value is -0.530. The molecule has 152 valence electrons. The van der Waals surface area contributed by atoms with Crippen LogP contribution in [0.4, 0.5) is 0 Å². The predicted octanol–water partition coefficient (Wildman–Crippen LogP) is 2.64. The zero-order chi connectivity index (χ0) is 19.8. The molecular weight excluding hydrogens is 332 g/mol. The molecule has 5 unspecified atom stereocenters. The van der Waals surface area contributed by atoms with Crippen molar-refractivity contribution in [1.29, 1.82) is 0 Å². The zero-order valence-electron chi connectivity index (χ0n) is 17.6. The Balaban J connectivity index is 2.13. The van der Waals surface area contributed by atoms with Crippen LogP contribution in [-0.2, 0) is 14.4 Å². The highest BCUT2D eigenvalue weighted by Gasteiger charge is 2.55. The minimum Gasteiger partial charge on any atom is -0.395 e. The number of epoxide rings is 1. The molecule has 0 aromatic heterocycles. The van der Waals surface area contributed by atoms with Gasteiger partial charge in [0.25, 0.3) is 0 Å². The molecule has 26 heavy (non-hydrogen) atoms. The molecular formula is C20H38N2O4. The lowest BCUT2D eigenvalue weighted by Gasteiger charge is -2.57. The lowest BCUT2D eigenvalue weighted by Crippen LogP contribution is -2.68. The number of hydroxylamine groups is 2. The largest absolute Gasteiger partial charge is 0.395 e. The van der Waals surface area contributed by atoms with Gasteiger partial charge in [-0.3, -0.25) is 14.9 Å². The van der Waals surface area contributed by atoms with Gasteiger partial charge in [-0.05, 0) is 40.5 Å². The molecule has 2 N–H and O–H groups in total. The van der Waals surface area contributed by atoms with Crippen LogP contribution in [0.2, 0.25) is 0 Å². The summed E-state index contributed by atoms with van der Waals surface area (Å²) in [4.78, 5) is 19.3. The molecule has 6 nitrogen and oxygen atoms in total. The molecule has 0 aromatic rings. The van der Waals surface area contributed by atoms with E-state index in [4.69, 9.17) is 14.7 Å². The molecule has 0 aromatic carbocycles. The fraction of sp³-hybridized carbons (Fsp3) is 0.950. The first-order valence-electron chi connectivity index (χ1n) is 10.0. The fourth-order valence-corrected chi connectivity index (χ4v) is 4.13. The van der Waals surface area contributed by atoms with E-state index in [1.165, 1.54) is 0 Å². The second kappa shape index (κ2) is 7.84. The second-order valence-corrected chi connectivity index (χ2v) is 9.05. The molecule has 2 saturated heterocycles. The van der Waals surface area contributed by atoms with Crippen molar-refractivity contribution in [2.45, 2.75) is 103 Å². The molecule has 5 atom stereocenters. The molecule has 0 amide bonds. The number of piperidine rings is 1. The van der Waals surface area contributed by atoms with Gasteiger partial charge >= 0.3 is 0 Å². The van der Waals surface area contributed by atoms with Crippen molar-refractivity contribution in [3.63, 3.8) is 0 Å². The number of carbonyl (C=O) groups excluding carboxylic acids is 1. The van der Waals surface area contributed by atoms with Gasteiger partial charge in [0.1, 0.15) is 18.1 Å². The summed E-state index contributed by atoms with van der Waals surface area (Å²) in [5.74, 6) is 0.272. The van der Waals surface area contributed by atoms with Crippen molar-refractivity contribution in [3.05, 3.63) is 0 Å². The van der Waals surface area contributed by atoms with Gasteiger partial charge in [-0.25, -0.2) is 0 Å². The van der Waals surface area contributed by atoms with Crippen LogP contribution in [0.15, 0.2) is 0 Å². The van der Waals surface area contributed by atoms with Gasteiger partial charge in [-0.2, -0.15) is 5.06 Å². The summed E-state index contributed by atoms with van der Waals surface area (Å²) in [6.45, 7) is 15.4. The quantitative estimate of drug-likeness (QED) is 0.608. The zero-order valence-corrected chi connectivity index (χ0v) is 17.6. The van der Waals surface area contributed by atoms with Gasteiger partial charge < -0.3 is 9.84 Å². The van der Waals surface area contributed by atoms with E-state index < -0.39 is 5.60 Å². The topological polar surface area (TPSA) is 74.3 Å². The van der Waals surface area contributed by atoms with E-state index in [0.717, 1.165) is 19.3 Å². The number of nitrogens with one attached hydrogen (secondary N) is 1. The van der Waals surface area contributed by atoms with Crippen molar-refractivity contribution in [1.82, 2.24) is 10.4 Å². The minimum atomic E-state index is -0.409. The van der Waals surface area contributed by atoms with Crippen LogP contribution >= 0.6 is 0 Å². The average molecular weight is 371 g/mol. The lowest BCUT2D eigenvalue weighted by molar-refractivity contribution is -0.340. The highest BCUT2D eigenvalue weighted by molar-refractivity contribution is 5.84. The first-order valence-corrected chi connectivity index (χ1v) is 10.0. The SMILES string of the molecule is CCC1(C)CC(=O)C(C)C(C)(CC)N1OC(C)(C)CC1OC1NCCO. The summed E-state index contributed by atoms with van der Waals surface area (Å²) in [7, 11) is 0. The predicted molar refractivity (Wildman–Crippen MR) is 102 cm³/mol. The number of aliphatic hydroxyl groups excluding tert-OH is 1. The summed E-state index contributed by atoms with van der Waals surface area (Å²) in [6, 6.07) is 0. The van der Waals surface area contributed by atoms with Gasteiger partial charge in [0.05, 0.1) is 23.3 Å². The molecule has 2 fully saturated rings. The minimum absolute atomic E-state index is 0.00185. The molecule has 0 bridgehead atoms. The average Bonchev–Trinajstić information content (AvgIpc) is 3.32. The lowest BCUT2D eigenvalue weighted by atomic mass is 9.70. The Kier molecular flexibility index (Phi) is 6.56. The molecule has 2 heterocycles. The third-order valence-corrected chi connectivity index (χ3v) is 6.47. The van der Waals surface area contributed by atoms with Crippen molar-refractivity contribution in [3.8, 4) is 0 Å². The Morgan fingerprint density at radius 3 is 2.54 bits per heavy atom. The molecule has 6 heteroatoms. The van der Waals surface area contributed by atoms with Crippen LogP contribution in [0.1, 0.15) is 74.1 Å². The summed E-state index contributed by atoms with van der Waals surface area (Å²) in [5, 5.41) is 14.2. The number of nitrogens with zero attached hydrogens (tertiary/aromatic N) is 1. The van der Waals surface area contributed by atoms with Gasteiger partial charge in [0, 0.05) is 25.3 Å². The number of hydrogen-bond acceptors (Lipinski definition) is 6. The van der Waals surface area contributed by atoms with Crippen LogP contribution in [0.25, 0.3) is 0 Å². The maximum absolute atomic E-state index is 12.7. The van der Waals surface area contributed by atoms with Gasteiger partial charge in [0.15, 0.2) is 0 Å². The first-order chi connectivity index (χ1) is 12.0. The number of carbonyl (C=O) groups is 1. The molecule has 0 radical (unpaired) electrons. The number of aliphatic hydroxyl groups is 1. The van der Waals surface area contributed by atoms with E-state index in [-0.39, 0.29) is 35.9 Å². The normalized spacial score (nSPS) is 38.6. The third kappa shape index (κ3) is 4.30. The van der Waals surface area contributed by atoms with E-state index in [9.17, 15) is 4.79 Å². The van der Waals surface area contributed by atoms with E-state index in [2.05, 4.69) is 51.9 Å². The summed E-state index contributed by atoms with van der Waals surface area (Å²) < 4.78 is 5.66. The molecule has 0 aliphatic carbocycles. The Morgan fingerprint density at radius 1 is 1.35 bits per heavy atom. The molecule has 0 saturated carbocycles. The highest BCUT2D eigenvalue weighted by Crippen LogP contribution is 2.46. The van der Waals surface area contributed by atoms with Crippen LogP contribution in [-0.4, -0.2) is 58.1 Å². The van der Waals surface area contributed by atoms with Gasteiger partial charge in [-0.15, -0.1) is 0 Å². The van der Waals surface area contributed by atoms with E-state index in [0.29, 0.717) is 18.7 Å². The Morgan fingerprint density at radius 2 is 2.00 bits per heavy atom. The number of rotatable bonds is 9. The van der Waals surface area contributed by atoms with Crippen molar-refractivity contribution in [2.24, 2.45) is 5.92 Å². The van der Waals surface area contributed by atoms with Gasteiger partial charge in [0.2, 0.25) is 0 Å². The summed E-state index contributed by atoms with van der Waals surface area (Å²) >= 11 is 0. The van der Waals surface area contributed by atoms with Gasteiger partial charge in [-0.1, -0.05) is 20.8 Å². The molecule has 2 aliphatic heterocycles. The molecule has 2 aliphatic rings. The summed E-state index contributed by atoms with van der Waals surface area (Å²) in [5.41, 5.74) is -1.03.